The molecule has 0 radical (unpaired) electrons. The number of carbonyl (C=O) groups is 1. The standard InChI is InChI=1S/C19H18BrNO3/c20-16-11-18-17(23-6-7-24-18)9-14(16)10-19(22)21-15-5-4-12-2-1-3-13(12)8-15/h4-5,8-9,11H,1-3,6-7,10H2,(H,21,22). The summed E-state index contributed by atoms with van der Waals surface area (Å²) in [7, 11) is 0. The first kappa shape index (κ1) is 15.5. The highest BCUT2D eigenvalue weighted by Gasteiger charge is 2.17. The van der Waals surface area contributed by atoms with E-state index in [2.05, 4.69) is 33.4 Å². The summed E-state index contributed by atoms with van der Waals surface area (Å²) in [6.07, 6.45) is 3.74. The summed E-state index contributed by atoms with van der Waals surface area (Å²) in [4.78, 5) is 12.4. The summed E-state index contributed by atoms with van der Waals surface area (Å²) in [6, 6.07) is 9.95. The van der Waals surface area contributed by atoms with Crippen LogP contribution in [0.3, 0.4) is 0 Å². The van der Waals surface area contributed by atoms with E-state index in [-0.39, 0.29) is 12.3 Å². The highest BCUT2D eigenvalue weighted by molar-refractivity contribution is 9.10. The largest absolute Gasteiger partial charge is 0.486 e. The molecule has 1 amide bonds. The molecule has 0 spiro atoms. The van der Waals surface area contributed by atoms with Gasteiger partial charge in [0, 0.05) is 10.2 Å². The molecule has 2 aromatic rings. The molecule has 24 heavy (non-hydrogen) atoms. The lowest BCUT2D eigenvalue weighted by molar-refractivity contribution is -0.115. The van der Waals surface area contributed by atoms with Crippen LogP contribution in [0.5, 0.6) is 11.5 Å². The molecular weight excluding hydrogens is 370 g/mol. The number of amides is 1. The lowest BCUT2D eigenvalue weighted by Gasteiger charge is -2.19. The first-order valence-electron chi connectivity index (χ1n) is 8.19. The summed E-state index contributed by atoms with van der Waals surface area (Å²) in [5, 5.41) is 3.00. The van der Waals surface area contributed by atoms with Gasteiger partial charge in [0.15, 0.2) is 11.5 Å². The number of hydrogen-bond acceptors (Lipinski definition) is 3. The Morgan fingerprint density at radius 1 is 1.04 bits per heavy atom. The van der Waals surface area contributed by atoms with E-state index in [0.29, 0.717) is 19.0 Å². The number of ether oxygens (including phenoxy) is 2. The molecule has 2 aliphatic rings. The number of rotatable bonds is 3. The zero-order chi connectivity index (χ0) is 16.5. The molecule has 4 rings (SSSR count). The van der Waals surface area contributed by atoms with Gasteiger partial charge in [-0.05, 0) is 60.2 Å². The van der Waals surface area contributed by atoms with Gasteiger partial charge in [0.2, 0.25) is 5.91 Å². The minimum atomic E-state index is -0.0367. The van der Waals surface area contributed by atoms with Gasteiger partial charge in [-0.1, -0.05) is 22.0 Å². The second-order valence-electron chi connectivity index (χ2n) is 6.15. The highest BCUT2D eigenvalue weighted by atomic mass is 79.9. The SMILES string of the molecule is O=C(Cc1cc2c(cc1Br)OCCO2)Nc1ccc2c(c1)CCC2. The molecule has 5 heteroatoms. The molecule has 1 aliphatic heterocycles. The predicted octanol–water partition coefficient (Wildman–Crippen LogP) is 3.89. The third-order valence-corrected chi connectivity index (χ3v) is 5.18. The van der Waals surface area contributed by atoms with E-state index >= 15 is 0 Å². The van der Waals surface area contributed by atoms with Gasteiger partial charge in [-0.25, -0.2) is 0 Å². The Labute approximate surface area is 149 Å². The van der Waals surface area contributed by atoms with E-state index < -0.39 is 0 Å². The van der Waals surface area contributed by atoms with Crippen LogP contribution in [0.15, 0.2) is 34.8 Å². The lowest BCUT2D eigenvalue weighted by Crippen LogP contribution is -2.17. The number of anilines is 1. The molecule has 124 valence electrons. The molecule has 0 saturated carbocycles. The Hall–Kier alpha value is -2.01. The van der Waals surface area contributed by atoms with E-state index in [0.717, 1.165) is 34.3 Å². The van der Waals surface area contributed by atoms with Gasteiger partial charge < -0.3 is 14.8 Å². The van der Waals surface area contributed by atoms with Crippen molar-refractivity contribution in [1.82, 2.24) is 0 Å². The zero-order valence-corrected chi connectivity index (χ0v) is 14.8. The van der Waals surface area contributed by atoms with Crippen molar-refractivity contribution in [3.05, 3.63) is 51.5 Å². The van der Waals surface area contributed by atoms with Crippen molar-refractivity contribution in [1.29, 1.82) is 0 Å². The fourth-order valence-corrected chi connectivity index (χ4v) is 3.73. The van der Waals surface area contributed by atoms with Gasteiger partial charge in [-0.15, -0.1) is 0 Å². The number of fused-ring (bicyclic) bond motifs is 2. The average molecular weight is 388 g/mol. The predicted molar refractivity (Wildman–Crippen MR) is 95.9 cm³/mol. The quantitative estimate of drug-likeness (QED) is 0.868. The molecule has 1 N–H and O–H groups in total. The Morgan fingerprint density at radius 3 is 2.62 bits per heavy atom. The van der Waals surface area contributed by atoms with Crippen LogP contribution < -0.4 is 14.8 Å². The third kappa shape index (κ3) is 3.13. The Morgan fingerprint density at radius 2 is 1.79 bits per heavy atom. The van der Waals surface area contributed by atoms with Crippen LogP contribution in [-0.2, 0) is 24.1 Å². The third-order valence-electron chi connectivity index (χ3n) is 4.44. The molecule has 0 saturated heterocycles. The van der Waals surface area contributed by atoms with Crippen LogP contribution in [-0.4, -0.2) is 19.1 Å². The normalized spacial score (nSPS) is 15.0. The Kier molecular flexibility index (Phi) is 4.19. The fourth-order valence-electron chi connectivity index (χ4n) is 3.27. The highest BCUT2D eigenvalue weighted by Crippen LogP contribution is 2.35. The second-order valence-corrected chi connectivity index (χ2v) is 7.00. The van der Waals surface area contributed by atoms with Crippen LogP contribution in [0.25, 0.3) is 0 Å². The van der Waals surface area contributed by atoms with Gasteiger partial charge in [-0.3, -0.25) is 4.79 Å². The Balaban J connectivity index is 1.48. The van der Waals surface area contributed by atoms with Crippen molar-refractivity contribution in [2.75, 3.05) is 18.5 Å². The van der Waals surface area contributed by atoms with Crippen LogP contribution >= 0.6 is 15.9 Å². The lowest BCUT2D eigenvalue weighted by atomic mass is 10.1. The molecular formula is C19H18BrNO3. The van der Waals surface area contributed by atoms with E-state index in [9.17, 15) is 4.79 Å². The zero-order valence-electron chi connectivity index (χ0n) is 13.2. The van der Waals surface area contributed by atoms with Crippen LogP contribution in [0.1, 0.15) is 23.1 Å². The molecule has 1 heterocycles. The molecule has 0 aromatic heterocycles. The monoisotopic (exact) mass is 387 g/mol. The van der Waals surface area contributed by atoms with E-state index in [4.69, 9.17) is 9.47 Å². The molecule has 1 aliphatic carbocycles. The van der Waals surface area contributed by atoms with Crippen LogP contribution in [0, 0.1) is 0 Å². The smallest absolute Gasteiger partial charge is 0.228 e. The second kappa shape index (κ2) is 6.48. The maximum atomic E-state index is 12.4. The number of carbonyl (C=O) groups excluding carboxylic acids is 1. The molecule has 0 fully saturated rings. The first-order chi connectivity index (χ1) is 11.7. The van der Waals surface area contributed by atoms with Crippen LogP contribution in [0.2, 0.25) is 0 Å². The van der Waals surface area contributed by atoms with Crippen molar-refractivity contribution < 1.29 is 14.3 Å². The summed E-state index contributed by atoms with van der Waals surface area (Å²) in [5.74, 6) is 1.38. The number of nitrogens with one attached hydrogen (secondary N) is 1. The van der Waals surface area contributed by atoms with E-state index in [1.807, 2.05) is 18.2 Å². The number of hydrogen-bond donors (Lipinski definition) is 1. The molecule has 4 nitrogen and oxygen atoms in total. The summed E-state index contributed by atoms with van der Waals surface area (Å²) >= 11 is 3.51. The van der Waals surface area contributed by atoms with E-state index in [1.165, 1.54) is 17.5 Å². The van der Waals surface area contributed by atoms with Crippen molar-refractivity contribution in [3.63, 3.8) is 0 Å². The molecule has 0 unspecified atom stereocenters. The topological polar surface area (TPSA) is 47.6 Å². The summed E-state index contributed by atoms with van der Waals surface area (Å²) in [6.45, 7) is 1.09. The van der Waals surface area contributed by atoms with Gasteiger partial charge in [0.05, 0.1) is 6.42 Å². The average Bonchev–Trinajstić information content (AvgIpc) is 3.03. The minimum absolute atomic E-state index is 0.0367. The summed E-state index contributed by atoms with van der Waals surface area (Å²) in [5.41, 5.74) is 4.52. The maximum Gasteiger partial charge on any atom is 0.228 e. The molecule has 0 bridgehead atoms. The van der Waals surface area contributed by atoms with Gasteiger partial charge in [0.25, 0.3) is 0 Å². The van der Waals surface area contributed by atoms with E-state index in [1.54, 1.807) is 0 Å². The molecule has 0 atom stereocenters. The first-order valence-corrected chi connectivity index (χ1v) is 8.98. The number of halogens is 1. The fraction of sp³-hybridized carbons (Fsp3) is 0.316. The van der Waals surface area contributed by atoms with Gasteiger partial charge >= 0.3 is 0 Å². The van der Waals surface area contributed by atoms with Crippen molar-refractivity contribution in [2.24, 2.45) is 0 Å². The van der Waals surface area contributed by atoms with Crippen LogP contribution in [0.4, 0.5) is 5.69 Å². The number of aryl methyl sites for hydroxylation is 2. The minimum Gasteiger partial charge on any atom is -0.486 e. The van der Waals surface area contributed by atoms with Crippen molar-refractivity contribution in [3.8, 4) is 11.5 Å². The van der Waals surface area contributed by atoms with Crippen molar-refractivity contribution in [2.45, 2.75) is 25.7 Å². The number of benzene rings is 2. The van der Waals surface area contributed by atoms with Crippen molar-refractivity contribution >= 4 is 27.5 Å². The van der Waals surface area contributed by atoms with Gasteiger partial charge in [0.1, 0.15) is 13.2 Å². The summed E-state index contributed by atoms with van der Waals surface area (Å²) < 4.78 is 12.0. The molecule has 2 aromatic carbocycles. The van der Waals surface area contributed by atoms with Gasteiger partial charge in [-0.2, -0.15) is 0 Å². The maximum absolute atomic E-state index is 12.4. The Bertz CT molecular complexity index is 803.